The average Bonchev–Trinajstić information content (AvgIpc) is 2.61. The predicted molar refractivity (Wildman–Crippen MR) is 102 cm³/mol. The van der Waals surface area contributed by atoms with Crippen molar-refractivity contribution in [1.82, 2.24) is 4.90 Å². The zero-order valence-electron chi connectivity index (χ0n) is 14.7. The van der Waals surface area contributed by atoms with Crippen molar-refractivity contribution in [3.8, 4) is 0 Å². The molecule has 2 amide bonds. The summed E-state index contributed by atoms with van der Waals surface area (Å²) >= 11 is 0. The van der Waals surface area contributed by atoms with Gasteiger partial charge in [-0.1, -0.05) is 43.3 Å². The second-order valence-electron chi connectivity index (χ2n) is 6.93. The predicted octanol–water partition coefficient (Wildman–Crippen LogP) is 3.92. The van der Waals surface area contributed by atoms with Gasteiger partial charge in [-0.2, -0.15) is 0 Å². The first-order chi connectivity index (χ1) is 12.3. The van der Waals surface area contributed by atoms with Crippen molar-refractivity contribution in [3.63, 3.8) is 0 Å². The Labute approximate surface area is 149 Å². The summed E-state index contributed by atoms with van der Waals surface area (Å²) in [7, 11) is 0. The first kappa shape index (κ1) is 16.0. The summed E-state index contributed by atoms with van der Waals surface area (Å²) in [6.45, 7) is 4.80. The SMILES string of the molecule is CCc1ccccc1NC(=O)N1CC(N2CCCc3ccccc32)C1. The van der Waals surface area contributed by atoms with Crippen molar-refractivity contribution in [3.05, 3.63) is 59.7 Å². The molecule has 1 N–H and O–H groups in total. The van der Waals surface area contributed by atoms with Crippen LogP contribution in [0.25, 0.3) is 0 Å². The Balaban J connectivity index is 1.39. The van der Waals surface area contributed by atoms with Crippen LogP contribution in [0, 0.1) is 0 Å². The first-order valence-electron chi connectivity index (χ1n) is 9.24. The molecule has 1 saturated heterocycles. The highest BCUT2D eigenvalue weighted by atomic mass is 16.2. The van der Waals surface area contributed by atoms with Gasteiger partial charge < -0.3 is 15.1 Å². The number of hydrogen-bond acceptors (Lipinski definition) is 2. The van der Waals surface area contributed by atoms with E-state index in [-0.39, 0.29) is 6.03 Å². The standard InChI is InChI=1S/C21H25N3O/c1-2-16-8-3-5-11-19(16)22-21(25)23-14-18(15-23)24-13-7-10-17-9-4-6-12-20(17)24/h3-6,8-9,11-12,18H,2,7,10,13-15H2,1H3,(H,22,25). The lowest BCUT2D eigenvalue weighted by atomic mass is 9.97. The number of nitrogens with zero attached hydrogens (tertiary/aromatic N) is 2. The number of anilines is 2. The van der Waals surface area contributed by atoms with Gasteiger partial charge in [0.25, 0.3) is 0 Å². The molecule has 0 atom stereocenters. The van der Waals surface area contributed by atoms with Crippen molar-refractivity contribution in [1.29, 1.82) is 0 Å². The lowest BCUT2D eigenvalue weighted by molar-refractivity contribution is 0.160. The first-order valence-corrected chi connectivity index (χ1v) is 9.24. The van der Waals surface area contributed by atoms with Gasteiger partial charge in [0.15, 0.2) is 0 Å². The summed E-state index contributed by atoms with van der Waals surface area (Å²) in [6.07, 6.45) is 3.28. The number of hydrogen-bond donors (Lipinski definition) is 1. The van der Waals surface area contributed by atoms with Crippen LogP contribution >= 0.6 is 0 Å². The van der Waals surface area contributed by atoms with Crippen molar-refractivity contribution >= 4 is 17.4 Å². The number of nitrogens with one attached hydrogen (secondary N) is 1. The van der Waals surface area contributed by atoms with Crippen LogP contribution in [0.1, 0.15) is 24.5 Å². The van der Waals surface area contributed by atoms with Gasteiger partial charge in [0.05, 0.1) is 6.04 Å². The summed E-state index contributed by atoms with van der Waals surface area (Å²) in [4.78, 5) is 16.9. The molecule has 0 aromatic heterocycles. The number of para-hydroxylation sites is 2. The van der Waals surface area contributed by atoms with Crippen LogP contribution in [0.15, 0.2) is 48.5 Å². The summed E-state index contributed by atoms with van der Waals surface area (Å²) in [5, 5.41) is 3.07. The molecule has 2 aliphatic rings. The monoisotopic (exact) mass is 335 g/mol. The molecule has 4 nitrogen and oxygen atoms in total. The number of rotatable bonds is 3. The van der Waals surface area contributed by atoms with E-state index in [0.29, 0.717) is 6.04 Å². The minimum absolute atomic E-state index is 0.0162. The number of carbonyl (C=O) groups excluding carboxylic acids is 1. The summed E-state index contributed by atoms with van der Waals surface area (Å²) in [5.74, 6) is 0. The number of urea groups is 1. The lowest BCUT2D eigenvalue weighted by Crippen LogP contribution is -2.62. The Kier molecular flexibility index (Phi) is 4.35. The van der Waals surface area contributed by atoms with Crippen LogP contribution in [0.5, 0.6) is 0 Å². The molecular formula is C21H25N3O. The second-order valence-corrected chi connectivity index (χ2v) is 6.93. The van der Waals surface area contributed by atoms with E-state index in [1.807, 2.05) is 23.1 Å². The molecule has 1 fully saturated rings. The van der Waals surface area contributed by atoms with Crippen molar-refractivity contribution in [2.75, 3.05) is 29.9 Å². The van der Waals surface area contributed by atoms with E-state index >= 15 is 0 Å². The van der Waals surface area contributed by atoms with Gasteiger partial charge in [0.2, 0.25) is 0 Å². The molecular weight excluding hydrogens is 310 g/mol. The molecule has 0 aliphatic carbocycles. The molecule has 4 heteroatoms. The van der Waals surface area contributed by atoms with Crippen LogP contribution < -0.4 is 10.2 Å². The molecule has 2 heterocycles. The van der Waals surface area contributed by atoms with Gasteiger partial charge >= 0.3 is 6.03 Å². The molecule has 25 heavy (non-hydrogen) atoms. The molecule has 2 aromatic rings. The van der Waals surface area contributed by atoms with Gasteiger partial charge in [-0.05, 0) is 42.5 Å². The van der Waals surface area contributed by atoms with Crippen LogP contribution in [0.2, 0.25) is 0 Å². The van der Waals surface area contributed by atoms with Crippen molar-refractivity contribution in [2.24, 2.45) is 0 Å². The fourth-order valence-corrected chi connectivity index (χ4v) is 3.91. The number of benzene rings is 2. The van der Waals surface area contributed by atoms with Gasteiger partial charge in [-0.15, -0.1) is 0 Å². The number of carbonyl (C=O) groups is 1. The molecule has 0 radical (unpaired) electrons. The number of aryl methyl sites for hydroxylation is 2. The molecule has 2 aromatic carbocycles. The average molecular weight is 335 g/mol. The number of likely N-dealkylation sites (tertiary alicyclic amines) is 1. The minimum atomic E-state index is 0.0162. The van der Waals surface area contributed by atoms with E-state index in [1.165, 1.54) is 23.2 Å². The summed E-state index contributed by atoms with van der Waals surface area (Å²) in [6, 6.07) is 17.2. The van der Waals surface area contributed by atoms with Gasteiger partial charge in [-0.25, -0.2) is 4.79 Å². The highest BCUT2D eigenvalue weighted by Gasteiger charge is 2.36. The van der Waals surface area contributed by atoms with Crippen molar-refractivity contribution in [2.45, 2.75) is 32.2 Å². The molecule has 2 aliphatic heterocycles. The maximum atomic E-state index is 12.5. The molecule has 0 bridgehead atoms. The number of amides is 2. The van der Waals surface area contributed by atoms with E-state index in [9.17, 15) is 4.79 Å². The highest BCUT2D eigenvalue weighted by molar-refractivity contribution is 5.91. The molecule has 4 rings (SSSR count). The van der Waals surface area contributed by atoms with Gasteiger partial charge in [0, 0.05) is 31.0 Å². The Hall–Kier alpha value is -2.49. The lowest BCUT2D eigenvalue weighted by Gasteiger charge is -2.48. The third-order valence-corrected chi connectivity index (χ3v) is 5.38. The van der Waals surface area contributed by atoms with Crippen LogP contribution in [0.4, 0.5) is 16.2 Å². The Bertz CT molecular complexity index is 767. The molecule has 0 saturated carbocycles. The maximum Gasteiger partial charge on any atom is 0.321 e. The van der Waals surface area contributed by atoms with E-state index < -0.39 is 0 Å². The Morgan fingerprint density at radius 3 is 2.72 bits per heavy atom. The zero-order valence-corrected chi connectivity index (χ0v) is 14.7. The normalized spacial score (nSPS) is 17.0. The molecule has 0 spiro atoms. The fraction of sp³-hybridized carbons (Fsp3) is 0.381. The van der Waals surface area contributed by atoms with E-state index in [4.69, 9.17) is 0 Å². The molecule has 0 unspecified atom stereocenters. The largest absolute Gasteiger partial charge is 0.365 e. The molecule has 130 valence electrons. The van der Waals surface area contributed by atoms with Gasteiger partial charge in [-0.3, -0.25) is 0 Å². The van der Waals surface area contributed by atoms with Crippen LogP contribution in [0.3, 0.4) is 0 Å². The minimum Gasteiger partial charge on any atom is -0.365 e. The highest BCUT2D eigenvalue weighted by Crippen LogP contribution is 2.31. The smallest absolute Gasteiger partial charge is 0.321 e. The third-order valence-electron chi connectivity index (χ3n) is 5.38. The zero-order chi connectivity index (χ0) is 17.2. The second kappa shape index (κ2) is 6.79. The Morgan fingerprint density at radius 2 is 1.88 bits per heavy atom. The van der Waals surface area contributed by atoms with Crippen LogP contribution in [-0.2, 0) is 12.8 Å². The third kappa shape index (κ3) is 3.09. The Morgan fingerprint density at radius 1 is 1.12 bits per heavy atom. The van der Waals surface area contributed by atoms with Crippen molar-refractivity contribution < 1.29 is 4.79 Å². The maximum absolute atomic E-state index is 12.5. The van der Waals surface area contributed by atoms with E-state index in [1.54, 1.807) is 0 Å². The van der Waals surface area contributed by atoms with E-state index in [0.717, 1.165) is 38.2 Å². The fourth-order valence-electron chi connectivity index (χ4n) is 3.91. The topological polar surface area (TPSA) is 35.6 Å². The quantitative estimate of drug-likeness (QED) is 0.923. The van der Waals surface area contributed by atoms with Gasteiger partial charge in [0.1, 0.15) is 0 Å². The van der Waals surface area contributed by atoms with E-state index in [2.05, 4.69) is 47.5 Å². The summed E-state index contributed by atoms with van der Waals surface area (Å²) < 4.78 is 0. The summed E-state index contributed by atoms with van der Waals surface area (Å²) in [5.41, 5.74) is 4.91. The van der Waals surface area contributed by atoms with Crippen LogP contribution in [-0.4, -0.2) is 36.6 Å². The number of fused-ring (bicyclic) bond motifs is 1.